The second-order valence-electron chi connectivity index (χ2n) is 5.74. The molecule has 7 heteroatoms. The maximum absolute atomic E-state index is 11.8. The van der Waals surface area contributed by atoms with E-state index in [0.717, 1.165) is 27.4 Å². The van der Waals surface area contributed by atoms with Crippen molar-refractivity contribution in [3.05, 3.63) is 54.1 Å². The summed E-state index contributed by atoms with van der Waals surface area (Å²) in [6, 6.07) is 15.3. The molecule has 1 unspecified atom stereocenters. The highest BCUT2D eigenvalue weighted by Gasteiger charge is 2.20. The van der Waals surface area contributed by atoms with Crippen LogP contribution in [0.15, 0.2) is 48.5 Å². The van der Waals surface area contributed by atoms with Gasteiger partial charge in [0.25, 0.3) is 0 Å². The number of benzene rings is 2. The second-order valence-corrected chi connectivity index (χ2v) is 5.74. The average molecular weight is 341 g/mol. The molecule has 0 spiro atoms. The molecule has 0 saturated heterocycles. The predicted molar refractivity (Wildman–Crippen MR) is 93.2 cm³/mol. The van der Waals surface area contributed by atoms with Gasteiger partial charge < -0.3 is 16.6 Å². The predicted octanol–water partition coefficient (Wildman–Crippen LogP) is 1.01. The summed E-state index contributed by atoms with van der Waals surface area (Å²) < 4.78 is 0. The largest absolute Gasteiger partial charge is 0.381 e. The molecular weight excluding hydrogens is 322 g/mol. The zero-order chi connectivity index (χ0) is 17.8. The average Bonchev–Trinajstić information content (AvgIpc) is 2.60. The van der Waals surface area contributed by atoms with E-state index in [9.17, 15) is 9.90 Å². The van der Waals surface area contributed by atoms with E-state index in [2.05, 4.69) is 14.8 Å². The molecule has 25 heavy (non-hydrogen) atoms. The lowest BCUT2D eigenvalue weighted by molar-refractivity contribution is -0.280. The van der Waals surface area contributed by atoms with Gasteiger partial charge in [-0.25, -0.2) is 9.78 Å². The van der Waals surface area contributed by atoms with E-state index >= 15 is 0 Å². The number of pyridine rings is 1. The second kappa shape index (κ2) is 7.54. The van der Waals surface area contributed by atoms with Gasteiger partial charge >= 0.3 is 5.97 Å². The van der Waals surface area contributed by atoms with Crippen LogP contribution in [0.3, 0.4) is 0 Å². The molecule has 0 aliphatic heterocycles. The number of fused-ring (bicyclic) bond motifs is 2. The molecule has 2 aromatic carbocycles. The molecule has 1 atom stereocenters. The number of nitrogens with two attached hydrogens (primary N) is 2. The molecule has 0 radical (unpaired) electrons. The van der Waals surface area contributed by atoms with E-state index < -0.39 is 18.2 Å². The Kier molecular flexibility index (Phi) is 5.20. The SMILES string of the molecule is NC(N)COOC(=O)C(O)Cc1cccc2nc3ccccc3cc12. The summed E-state index contributed by atoms with van der Waals surface area (Å²) in [4.78, 5) is 25.5. The molecule has 0 aliphatic carbocycles. The quantitative estimate of drug-likeness (QED) is 0.265. The van der Waals surface area contributed by atoms with Gasteiger partial charge in [-0.3, -0.25) is 4.89 Å². The summed E-state index contributed by atoms with van der Waals surface area (Å²) in [7, 11) is 0. The number of nitrogens with zero attached hydrogens (tertiary/aromatic N) is 1. The molecule has 0 saturated carbocycles. The van der Waals surface area contributed by atoms with Crippen LogP contribution in [0.2, 0.25) is 0 Å². The monoisotopic (exact) mass is 341 g/mol. The first-order chi connectivity index (χ1) is 12.0. The molecule has 0 fully saturated rings. The Morgan fingerprint density at radius 3 is 2.68 bits per heavy atom. The number of aliphatic hydroxyl groups excluding tert-OH is 1. The zero-order valence-electron chi connectivity index (χ0n) is 13.5. The fourth-order valence-electron chi connectivity index (χ4n) is 2.56. The Balaban J connectivity index is 1.81. The van der Waals surface area contributed by atoms with E-state index in [0.29, 0.717) is 0 Å². The Morgan fingerprint density at radius 1 is 1.12 bits per heavy atom. The van der Waals surface area contributed by atoms with Crippen LogP contribution in [0, 0.1) is 0 Å². The van der Waals surface area contributed by atoms with Crippen LogP contribution in [0.25, 0.3) is 21.8 Å². The van der Waals surface area contributed by atoms with Crippen molar-refractivity contribution >= 4 is 27.8 Å². The van der Waals surface area contributed by atoms with E-state index in [1.807, 2.05) is 48.5 Å². The normalized spacial score (nSPS) is 12.6. The third-order valence-electron chi connectivity index (χ3n) is 3.74. The van der Waals surface area contributed by atoms with Gasteiger partial charge in [-0.05, 0) is 23.8 Å². The number of hydrogen-bond donors (Lipinski definition) is 3. The van der Waals surface area contributed by atoms with Gasteiger partial charge in [0.2, 0.25) is 0 Å². The number of carbonyl (C=O) groups excluding carboxylic acids is 1. The first kappa shape index (κ1) is 17.2. The molecular formula is C18H19N3O4. The number of hydrogen-bond acceptors (Lipinski definition) is 7. The van der Waals surface area contributed by atoms with Crippen LogP contribution in [-0.2, 0) is 21.0 Å². The fraction of sp³-hybridized carbons (Fsp3) is 0.222. The summed E-state index contributed by atoms with van der Waals surface area (Å²) in [5.41, 5.74) is 13.0. The van der Waals surface area contributed by atoms with Crippen LogP contribution in [0.1, 0.15) is 5.56 Å². The standard InChI is InChI=1S/C18H19N3O4/c19-17(20)10-24-25-18(23)16(22)9-11-5-3-7-15-13(11)8-12-4-1-2-6-14(12)21-15/h1-8,16-17,22H,9-10,19-20H2. The molecule has 1 heterocycles. The van der Waals surface area contributed by atoms with Crippen molar-refractivity contribution in [1.29, 1.82) is 0 Å². The first-order valence-corrected chi connectivity index (χ1v) is 7.84. The van der Waals surface area contributed by atoms with Crippen molar-refractivity contribution in [3.63, 3.8) is 0 Å². The van der Waals surface area contributed by atoms with Crippen molar-refractivity contribution in [1.82, 2.24) is 4.98 Å². The minimum Gasteiger partial charge on any atom is -0.381 e. The minimum absolute atomic E-state index is 0.0776. The number of aromatic nitrogens is 1. The summed E-state index contributed by atoms with van der Waals surface area (Å²) in [6.07, 6.45) is -2.05. The Bertz CT molecular complexity index is 898. The number of para-hydroxylation sites is 1. The lowest BCUT2D eigenvalue weighted by Crippen LogP contribution is -2.36. The fourth-order valence-corrected chi connectivity index (χ4v) is 2.56. The van der Waals surface area contributed by atoms with Crippen molar-refractivity contribution < 1.29 is 19.7 Å². The minimum atomic E-state index is -1.37. The van der Waals surface area contributed by atoms with Gasteiger partial charge in [0.05, 0.1) is 17.2 Å². The molecule has 0 aliphatic rings. The lowest BCUT2D eigenvalue weighted by atomic mass is 10.0. The summed E-state index contributed by atoms with van der Waals surface area (Å²) >= 11 is 0. The van der Waals surface area contributed by atoms with Gasteiger partial charge in [0, 0.05) is 17.2 Å². The highest BCUT2D eigenvalue weighted by atomic mass is 17.2. The van der Waals surface area contributed by atoms with Gasteiger partial charge in [-0.1, -0.05) is 30.3 Å². The number of aliphatic hydroxyl groups is 1. The Labute approximate surface area is 144 Å². The highest BCUT2D eigenvalue weighted by Crippen LogP contribution is 2.23. The lowest BCUT2D eigenvalue weighted by Gasteiger charge is -2.12. The maximum atomic E-state index is 11.8. The van der Waals surface area contributed by atoms with Crippen LogP contribution in [0.4, 0.5) is 0 Å². The van der Waals surface area contributed by atoms with Crippen molar-refractivity contribution in [2.75, 3.05) is 6.61 Å². The molecule has 130 valence electrons. The smallest absolute Gasteiger partial charge is 0.370 e. The summed E-state index contributed by atoms with van der Waals surface area (Å²) in [5, 5.41) is 11.9. The molecule has 3 aromatic rings. The van der Waals surface area contributed by atoms with E-state index in [1.54, 1.807) is 0 Å². The molecule has 7 nitrogen and oxygen atoms in total. The topological polar surface area (TPSA) is 121 Å². The van der Waals surface area contributed by atoms with Gasteiger partial charge in [-0.15, -0.1) is 0 Å². The van der Waals surface area contributed by atoms with Crippen molar-refractivity contribution in [3.8, 4) is 0 Å². The van der Waals surface area contributed by atoms with Gasteiger partial charge in [0.15, 0.2) is 6.10 Å². The van der Waals surface area contributed by atoms with Crippen LogP contribution in [0.5, 0.6) is 0 Å². The third kappa shape index (κ3) is 4.09. The zero-order valence-corrected chi connectivity index (χ0v) is 13.5. The molecule has 0 bridgehead atoms. The van der Waals surface area contributed by atoms with Crippen molar-refractivity contribution in [2.45, 2.75) is 18.7 Å². The first-order valence-electron chi connectivity index (χ1n) is 7.84. The van der Waals surface area contributed by atoms with Crippen molar-refractivity contribution in [2.24, 2.45) is 11.5 Å². The molecule has 5 N–H and O–H groups in total. The van der Waals surface area contributed by atoms with Crippen LogP contribution < -0.4 is 11.5 Å². The number of rotatable bonds is 6. The third-order valence-corrected chi connectivity index (χ3v) is 3.74. The van der Waals surface area contributed by atoms with Crippen LogP contribution >= 0.6 is 0 Å². The summed E-state index contributed by atoms with van der Waals surface area (Å²) in [6.45, 7) is -0.150. The molecule has 0 amide bonds. The Morgan fingerprint density at radius 2 is 1.88 bits per heavy atom. The molecule has 1 aromatic heterocycles. The van der Waals surface area contributed by atoms with Gasteiger partial charge in [-0.2, -0.15) is 4.89 Å². The molecule has 3 rings (SSSR count). The van der Waals surface area contributed by atoms with E-state index in [4.69, 9.17) is 11.5 Å². The van der Waals surface area contributed by atoms with Crippen LogP contribution in [-0.4, -0.2) is 34.9 Å². The van der Waals surface area contributed by atoms with Gasteiger partial charge in [0.1, 0.15) is 6.61 Å². The number of carbonyl (C=O) groups is 1. The maximum Gasteiger partial charge on any atom is 0.370 e. The highest BCUT2D eigenvalue weighted by molar-refractivity contribution is 5.94. The van der Waals surface area contributed by atoms with E-state index in [-0.39, 0.29) is 13.0 Å². The Hall–Kier alpha value is -2.58. The van der Waals surface area contributed by atoms with E-state index in [1.165, 1.54) is 0 Å². The summed E-state index contributed by atoms with van der Waals surface area (Å²) in [5.74, 6) is -0.897.